The molecule has 0 atom stereocenters. The Morgan fingerprint density at radius 1 is 0.875 bits per heavy atom. The highest BCUT2D eigenvalue weighted by atomic mass is 16.4. The first-order chi connectivity index (χ1) is 7.84. The van der Waals surface area contributed by atoms with Gasteiger partial charge in [0.05, 0.1) is 11.6 Å². The number of phenols is 1. The van der Waals surface area contributed by atoms with E-state index in [0.717, 1.165) is 16.5 Å². The van der Waals surface area contributed by atoms with E-state index in [2.05, 4.69) is 0 Å². The molecular weight excluding hydrogens is 201 g/mol. The molecule has 3 aromatic rings. The first kappa shape index (κ1) is 9.04. The summed E-state index contributed by atoms with van der Waals surface area (Å²) < 4.78 is 5.30. The first-order valence-corrected chi connectivity index (χ1v) is 5.10. The minimum atomic E-state index is 0.255. The molecule has 2 aromatic carbocycles. The molecular formula is C14H10O2. The monoisotopic (exact) mass is 211 g/mol. The smallest absolute Gasteiger partial charge is 0.138 e. The van der Waals surface area contributed by atoms with Gasteiger partial charge in [-0.05, 0) is 29.3 Å². The van der Waals surface area contributed by atoms with Gasteiger partial charge in [-0.2, -0.15) is 0 Å². The summed E-state index contributed by atoms with van der Waals surface area (Å²) >= 11 is 0. The van der Waals surface area contributed by atoms with E-state index >= 15 is 0 Å². The second-order valence-electron chi connectivity index (χ2n) is 3.69. The highest BCUT2D eigenvalue weighted by Crippen LogP contribution is 2.32. The lowest BCUT2D eigenvalue weighted by atomic mass is 10.0. The lowest BCUT2D eigenvalue weighted by Crippen LogP contribution is -1.77. The minimum absolute atomic E-state index is 0.255. The summed E-state index contributed by atoms with van der Waals surface area (Å²) in [5, 5.41) is 10.6. The van der Waals surface area contributed by atoms with Crippen LogP contribution in [-0.4, -0.2) is 5.11 Å². The summed E-state index contributed by atoms with van der Waals surface area (Å²) in [6, 6.07) is 15.4. The molecule has 0 bridgehead atoms. The zero-order chi connectivity index (χ0) is 11.0. The molecule has 0 saturated heterocycles. The fraction of sp³-hybridized carbons (Fsp3) is 0. The summed E-state index contributed by atoms with van der Waals surface area (Å²) in [7, 11) is 0. The average molecular weight is 211 g/mol. The molecule has 0 saturated carbocycles. The maximum absolute atomic E-state index is 9.84. The van der Waals surface area contributed by atoms with Gasteiger partial charge in [0, 0.05) is 0 Å². The number of phenolic OH excluding ortho intramolecular Hbond substituents is 1. The normalized spacial score (nSPS) is 10.8. The fourth-order valence-corrected chi connectivity index (χ4v) is 1.85. The van der Waals surface area contributed by atoms with Crippen molar-refractivity contribution in [2.75, 3.05) is 0 Å². The van der Waals surface area contributed by atoms with Crippen LogP contribution < -0.4 is 0 Å². The van der Waals surface area contributed by atoms with Crippen LogP contribution in [0.5, 0.6) is 5.75 Å². The van der Waals surface area contributed by atoms with Crippen molar-refractivity contribution in [2.45, 2.75) is 0 Å². The third-order valence-electron chi connectivity index (χ3n) is 2.66. The van der Waals surface area contributed by atoms with Crippen LogP contribution in [0.25, 0.3) is 22.1 Å². The highest BCUT2D eigenvalue weighted by molar-refractivity contribution is 5.88. The van der Waals surface area contributed by atoms with Crippen molar-refractivity contribution in [3.8, 4) is 16.9 Å². The molecule has 0 spiro atoms. The van der Waals surface area contributed by atoms with E-state index in [4.69, 9.17) is 4.42 Å². The van der Waals surface area contributed by atoms with Gasteiger partial charge in [-0.15, -0.1) is 0 Å². The van der Waals surface area contributed by atoms with Crippen molar-refractivity contribution in [1.29, 1.82) is 0 Å². The Hall–Kier alpha value is -2.22. The number of hydrogen-bond acceptors (Lipinski definition) is 2. The van der Waals surface area contributed by atoms with Gasteiger partial charge < -0.3 is 9.52 Å². The average Bonchev–Trinajstić information content (AvgIpc) is 2.79. The standard InChI is InChI=1S/C14H10O2/c15-13-8-11(10-4-2-1-3-5-10)9-14-12(13)6-7-16-14/h1-9,15H/i7+1. The zero-order valence-corrected chi connectivity index (χ0v) is 8.55. The molecule has 0 aliphatic rings. The van der Waals surface area contributed by atoms with Crippen molar-refractivity contribution in [1.82, 2.24) is 0 Å². The lowest BCUT2D eigenvalue weighted by molar-refractivity contribution is 0.481. The third kappa shape index (κ3) is 1.36. The number of rotatable bonds is 1. The van der Waals surface area contributed by atoms with Gasteiger partial charge in [0.2, 0.25) is 0 Å². The van der Waals surface area contributed by atoms with Crippen LogP contribution in [0.2, 0.25) is 0 Å². The molecule has 3 rings (SSSR count). The predicted molar refractivity (Wildman–Crippen MR) is 63.3 cm³/mol. The molecule has 2 nitrogen and oxygen atoms in total. The Labute approximate surface area is 92.8 Å². The molecule has 0 aliphatic carbocycles. The summed E-state index contributed by atoms with van der Waals surface area (Å²) in [4.78, 5) is 0. The fourth-order valence-electron chi connectivity index (χ4n) is 1.85. The van der Waals surface area contributed by atoms with Crippen molar-refractivity contribution < 1.29 is 9.52 Å². The summed E-state index contributed by atoms with van der Waals surface area (Å²) in [5.41, 5.74) is 2.73. The quantitative estimate of drug-likeness (QED) is 0.664. The molecule has 0 fully saturated rings. The van der Waals surface area contributed by atoms with Crippen LogP contribution in [0, 0.1) is 0 Å². The van der Waals surface area contributed by atoms with Gasteiger partial charge in [-0.1, -0.05) is 30.3 Å². The number of hydrogen-bond donors (Lipinski definition) is 1. The van der Waals surface area contributed by atoms with E-state index < -0.39 is 0 Å². The Bertz CT molecular complexity index is 624. The van der Waals surface area contributed by atoms with Crippen molar-refractivity contribution in [3.63, 3.8) is 0 Å². The van der Waals surface area contributed by atoms with Gasteiger partial charge >= 0.3 is 0 Å². The highest BCUT2D eigenvalue weighted by Gasteiger charge is 2.06. The topological polar surface area (TPSA) is 33.4 Å². The Kier molecular flexibility index (Phi) is 1.93. The largest absolute Gasteiger partial charge is 0.507 e. The summed E-state index contributed by atoms with van der Waals surface area (Å²) in [5.74, 6) is 0.255. The van der Waals surface area contributed by atoms with Crippen LogP contribution in [0.4, 0.5) is 0 Å². The molecule has 0 amide bonds. The van der Waals surface area contributed by atoms with E-state index in [1.807, 2.05) is 36.4 Å². The number of aromatic hydroxyl groups is 1. The zero-order valence-electron chi connectivity index (χ0n) is 8.55. The Morgan fingerprint density at radius 3 is 2.50 bits per heavy atom. The van der Waals surface area contributed by atoms with Crippen LogP contribution in [0.3, 0.4) is 0 Å². The molecule has 2 heteroatoms. The molecule has 0 radical (unpaired) electrons. The molecule has 0 unspecified atom stereocenters. The molecule has 1 N–H and O–H groups in total. The molecule has 78 valence electrons. The van der Waals surface area contributed by atoms with E-state index in [-0.39, 0.29) is 5.75 Å². The van der Waals surface area contributed by atoms with Gasteiger partial charge in [-0.25, -0.2) is 0 Å². The Morgan fingerprint density at radius 2 is 1.69 bits per heavy atom. The second-order valence-corrected chi connectivity index (χ2v) is 3.69. The number of fused-ring (bicyclic) bond motifs is 1. The number of benzene rings is 2. The summed E-state index contributed by atoms with van der Waals surface area (Å²) in [6.07, 6.45) is 1.58. The van der Waals surface area contributed by atoms with Crippen LogP contribution in [0.15, 0.2) is 59.2 Å². The summed E-state index contributed by atoms with van der Waals surface area (Å²) in [6.45, 7) is 0. The van der Waals surface area contributed by atoms with Crippen molar-refractivity contribution >= 4 is 11.0 Å². The van der Waals surface area contributed by atoms with Crippen LogP contribution in [-0.2, 0) is 0 Å². The molecule has 1 aromatic heterocycles. The number of furan rings is 1. The molecule has 16 heavy (non-hydrogen) atoms. The van der Waals surface area contributed by atoms with Gasteiger partial charge in [0.15, 0.2) is 0 Å². The molecule has 1 heterocycles. The van der Waals surface area contributed by atoms with Gasteiger partial charge in [0.25, 0.3) is 0 Å². The van der Waals surface area contributed by atoms with E-state index in [0.29, 0.717) is 5.58 Å². The lowest BCUT2D eigenvalue weighted by Gasteiger charge is -2.02. The second kappa shape index (κ2) is 3.42. The predicted octanol–water partition coefficient (Wildman–Crippen LogP) is 3.81. The maximum Gasteiger partial charge on any atom is 0.138 e. The van der Waals surface area contributed by atoms with E-state index in [1.165, 1.54) is 0 Å². The van der Waals surface area contributed by atoms with Crippen LogP contribution >= 0.6 is 0 Å². The van der Waals surface area contributed by atoms with Crippen molar-refractivity contribution in [3.05, 3.63) is 54.8 Å². The molecule has 0 aliphatic heterocycles. The third-order valence-corrected chi connectivity index (χ3v) is 2.66. The van der Waals surface area contributed by atoms with Crippen molar-refractivity contribution in [2.24, 2.45) is 0 Å². The van der Waals surface area contributed by atoms with Gasteiger partial charge in [-0.3, -0.25) is 0 Å². The van der Waals surface area contributed by atoms with Gasteiger partial charge in [0.1, 0.15) is 11.3 Å². The Balaban J connectivity index is 2.25. The van der Waals surface area contributed by atoms with E-state index in [9.17, 15) is 5.11 Å². The SMILES string of the molecule is Oc1cc(-c2ccccc2)cc2o[13cH]cc12. The van der Waals surface area contributed by atoms with E-state index in [1.54, 1.807) is 18.4 Å². The van der Waals surface area contributed by atoms with Crippen LogP contribution in [0.1, 0.15) is 0 Å². The minimum Gasteiger partial charge on any atom is -0.507 e. The first-order valence-electron chi connectivity index (χ1n) is 5.10. The maximum atomic E-state index is 9.84.